The quantitative estimate of drug-likeness (QED) is 0.712. The predicted molar refractivity (Wildman–Crippen MR) is 93.9 cm³/mol. The van der Waals surface area contributed by atoms with Crippen molar-refractivity contribution < 1.29 is 4.79 Å². The lowest BCUT2D eigenvalue weighted by atomic mass is 10.1. The molecule has 4 rings (SSSR count). The molecular formula is C17H17N3OS2. The minimum atomic E-state index is 0.0448. The van der Waals surface area contributed by atoms with Gasteiger partial charge >= 0.3 is 0 Å². The second-order valence-corrected chi connectivity index (χ2v) is 7.37. The molecule has 3 aromatic rings. The number of carbonyl (C=O) groups is 1. The topological polar surface area (TPSA) is 38.1 Å². The van der Waals surface area contributed by atoms with E-state index in [2.05, 4.69) is 34.8 Å². The van der Waals surface area contributed by atoms with Crippen molar-refractivity contribution in [1.82, 2.24) is 14.5 Å². The van der Waals surface area contributed by atoms with Gasteiger partial charge in [0.25, 0.3) is 5.91 Å². The zero-order valence-corrected chi connectivity index (χ0v) is 14.4. The van der Waals surface area contributed by atoms with Gasteiger partial charge in [-0.15, -0.1) is 22.7 Å². The highest BCUT2D eigenvalue weighted by atomic mass is 32.1. The molecule has 0 aromatic carbocycles. The van der Waals surface area contributed by atoms with E-state index in [0.29, 0.717) is 5.69 Å². The van der Waals surface area contributed by atoms with Gasteiger partial charge in [-0.05, 0) is 30.0 Å². The molecule has 1 aliphatic heterocycles. The van der Waals surface area contributed by atoms with Gasteiger partial charge in [0.05, 0.1) is 10.9 Å². The molecule has 1 atom stereocenters. The maximum absolute atomic E-state index is 12.9. The Morgan fingerprint density at radius 3 is 3.00 bits per heavy atom. The summed E-state index contributed by atoms with van der Waals surface area (Å²) in [5.74, 6) is 0.0448. The van der Waals surface area contributed by atoms with Crippen LogP contribution in [0.5, 0.6) is 0 Å². The highest BCUT2D eigenvalue weighted by Gasteiger charge is 2.31. The van der Waals surface area contributed by atoms with Crippen LogP contribution >= 0.6 is 22.7 Å². The Morgan fingerprint density at radius 1 is 1.30 bits per heavy atom. The third-order valence-electron chi connectivity index (χ3n) is 4.27. The summed E-state index contributed by atoms with van der Waals surface area (Å²) in [6, 6.07) is 8.36. The Kier molecular flexibility index (Phi) is 3.79. The van der Waals surface area contributed by atoms with Crippen molar-refractivity contribution in [3.8, 4) is 9.88 Å². The van der Waals surface area contributed by atoms with E-state index in [-0.39, 0.29) is 11.9 Å². The molecule has 0 N–H and O–H groups in total. The van der Waals surface area contributed by atoms with E-state index in [1.165, 1.54) is 5.69 Å². The Hall–Kier alpha value is -1.92. The van der Waals surface area contributed by atoms with E-state index >= 15 is 0 Å². The molecule has 1 amide bonds. The molecule has 118 valence electrons. The first-order valence-electron chi connectivity index (χ1n) is 7.73. The largest absolute Gasteiger partial charge is 0.348 e. The van der Waals surface area contributed by atoms with Gasteiger partial charge in [0, 0.05) is 30.4 Å². The van der Waals surface area contributed by atoms with Crippen molar-refractivity contribution in [2.45, 2.75) is 25.9 Å². The molecule has 4 heterocycles. The highest BCUT2D eigenvalue weighted by Crippen LogP contribution is 2.32. The van der Waals surface area contributed by atoms with Crippen molar-refractivity contribution >= 4 is 28.6 Å². The minimum absolute atomic E-state index is 0.0448. The van der Waals surface area contributed by atoms with Gasteiger partial charge in [0.1, 0.15) is 10.7 Å². The van der Waals surface area contributed by atoms with Crippen LogP contribution < -0.4 is 0 Å². The molecule has 6 heteroatoms. The van der Waals surface area contributed by atoms with E-state index in [0.717, 1.165) is 29.4 Å². The zero-order valence-electron chi connectivity index (χ0n) is 12.8. The van der Waals surface area contributed by atoms with Crippen LogP contribution in [-0.2, 0) is 6.54 Å². The molecule has 23 heavy (non-hydrogen) atoms. The van der Waals surface area contributed by atoms with Gasteiger partial charge in [-0.1, -0.05) is 13.0 Å². The molecule has 4 nitrogen and oxygen atoms in total. The first-order valence-corrected chi connectivity index (χ1v) is 9.49. The monoisotopic (exact) mass is 343 g/mol. The molecule has 0 fully saturated rings. The van der Waals surface area contributed by atoms with E-state index in [4.69, 9.17) is 0 Å². The van der Waals surface area contributed by atoms with Crippen LogP contribution in [0, 0.1) is 0 Å². The summed E-state index contributed by atoms with van der Waals surface area (Å²) in [5, 5.41) is 4.85. The van der Waals surface area contributed by atoms with Gasteiger partial charge < -0.3 is 9.47 Å². The van der Waals surface area contributed by atoms with Crippen LogP contribution in [0.3, 0.4) is 0 Å². The standard InChI is InChI=1S/C17H17N3OS2/c1-2-13-14-5-3-7-19(14)8-9-20(13)17(21)12-11-23-16(18-12)15-6-4-10-22-15/h3-7,10-11,13H,2,8-9H2,1H3/t13-/m1/s1. The van der Waals surface area contributed by atoms with Gasteiger partial charge in [-0.2, -0.15) is 0 Å². The number of carbonyl (C=O) groups excluding carboxylic acids is 1. The second-order valence-electron chi connectivity index (χ2n) is 5.56. The second kappa shape index (κ2) is 5.94. The number of thiophene rings is 1. The van der Waals surface area contributed by atoms with Crippen molar-refractivity contribution in [3.63, 3.8) is 0 Å². The summed E-state index contributed by atoms with van der Waals surface area (Å²) >= 11 is 3.20. The Bertz CT molecular complexity index is 819. The molecular weight excluding hydrogens is 326 g/mol. The van der Waals surface area contributed by atoms with Gasteiger partial charge in [-0.25, -0.2) is 4.98 Å². The van der Waals surface area contributed by atoms with Crippen LogP contribution in [0.15, 0.2) is 41.2 Å². The summed E-state index contributed by atoms with van der Waals surface area (Å²) in [7, 11) is 0. The van der Waals surface area contributed by atoms with Crippen molar-refractivity contribution in [2.24, 2.45) is 0 Å². The smallest absolute Gasteiger partial charge is 0.273 e. The Morgan fingerprint density at radius 2 is 2.22 bits per heavy atom. The van der Waals surface area contributed by atoms with E-state index < -0.39 is 0 Å². The predicted octanol–water partition coefficient (Wildman–Crippen LogP) is 4.28. The van der Waals surface area contributed by atoms with Crippen LogP contribution in [-0.4, -0.2) is 26.9 Å². The normalized spacial score (nSPS) is 17.3. The number of rotatable bonds is 3. The van der Waals surface area contributed by atoms with Gasteiger partial charge in [0.2, 0.25) is 0 Å². The maximum Gasteiger partial charge on any atom is 0.273 e. The maximum atomic E-state index is 12.9. The fourth-order valence-corrected chi connectivity index (χ4v) is 4.78. The number of hydrogen-bond donors (Lipinski definition) is 0. The Labute approximate surface area is 143 Å². The minimum Gasteiger partial charge on any atom is -0.348 e. The molecule has 0 radical (unpaired) electrons. The van der Waals surface area contributed by atoms with E-state index in [9.17, 15) is 4.79 Å². The summed E-state index contributed by atoms with van der Waals surface area (Å²) in [6.07, 6.45) is 3.01. The summed E-state index contributed by atoms with van der Waals surface area (Å²) in [5.41, 5.74) is 1.79. The van der Waals surface area contributed by atoms with E-state index in [1.54, 1.807) is 22.7 Å². The number of thiazole rings is 1. The molecule has 0 spiro atoms. The lowest BCUT2D eigenvalue weighted by Crippen LogP contribution is -2.41. The summed E-state index contributed by atoms with van der Waals surface area (Å²) in [6.45, 7) is 3.73. The van der Waals surface area contributed by atoms with Gasteiger partial charge in [0.15, 0.2) is 0 Å². The molecule has 0 saturated heterocycles. The number of nitrogens with zero attached hydrogens (tertiary/aromatic N) is 3. The average molecular weight is 343 g/mol. The molecule has 3 aromatic heterocycles. The van der Waals surface area contributed by atoms with Crippen LogP contribution in [0.1, 0.15) is 35.6 Å². The van der Waals surface area contributed by atoms with E-state index in [1.807, 2.05) is 27.8 Å². The fourth-order valence-electron chi connectivity index (χ4n) is 3.17. The summed E-state index contributed by atoms with van der Waals surface area (Å²) in [4.78, 5) is 20.6. The number of fused-ring (bicyclic) bond motifs is 1. The van der Waals surface area contributed by atoms with Crippen LogP contribution in [0.4, 0.5) is 0 Å². The lowest BCUT2D eigenvalue weighted by Gasteiger charge is -2.36. The number of hydrogen-bond acceptors (Lipinski definition) is 4. The molecule has 1 aliphatic rings. The Balaban J connectivity index is 1.62. The average Bonchev–Trinajstić information content (AvgIpc) is 3.32. The summed E-state index contributed by atoms with van der Waals surface area (Å²) < 4.78 is 2.25. The molecule has 0 unspecified atom stereocenters. The van der Waals surface area contributed by atoms with Gasteiger partial charge in [-0.3, -0.25) is 4.79 Å². The van der Waals surface area contributed by atoms with Crippen LogP contribution in [0.25, 0.3) is 9.88 Å². The lowest BCUT2D eigenvalue weighted by molar-refractivity contribution is 0.0612. The van der Waals surface area contributed by atoms with Crippen LogP contribution in [0.2, 0.25) is 0 Å². The SMILES string of the molecule is CC[C@@H]1c2cccn2CCN1C(=O)c1csc(-c2cccs2)n1. The number of amides is 1. The molecule has 0 bridgehead atoms. The fraction of sp³-hybridized carbons (Fsp3) is 0.294. The highest BCUT2D eigenvalue weighted by molar-refractivity contribution is 7.20. The van der Waals surface area contributed by atoms with Crippen molar-refractivity contribution in [2.75, 3.05) is 6.54 Å². The zero-order chi connectivity index (χ0) is 15.8. The first kappa shape index (κ1) is 14.7. The number of aromatic nitrogens is 2. The van der Waals surface area contributed by atoms with Crippen molar-refractivity contribution in [3.05, 3.63) is 52.6 Å². The third-order valence-corrected chi connectivity index (χ3v) is 6.15. The van der Waals surface area contributed by atoms with Crippen molar-refractivity contribution in [1.29, 1.82) is 0 Å². The third kappa shape index (κ3) is 2.52. The first-order chi connectivity index (χ1) is 11.3. The molecule has 0 saturated carbocycles. The molecule has 0 aliphatic carbocycles.